The third-order valence-corrected chi connectivity index (χ3v) is 5.33. The number of rotatable bonds is 2. The minimum atomic E-state index is -2.94. The van der Waals surface area contributed by atoms with Crippen LogP contribution in [-0.2, 0) is 9.84 Å². The molecule has 1 aliphatic heterocycles. The quantitative estimate of drug-likeness (QED) is 0.697. The highest BCUT2D eigenvalue weighted by Gasteiger charge is 2.47. The molecule has 94 valence electrons. The molecule has 0 atom stereocenters. The van der Waals surface area contributed by atoms with Gasteiger partial charge in [0.1, 0.15) is 0 Å². The first-order valence-electron chi connectivity index (χ1n) is 5.59. The molecule has 16 heavy (non-hydrogen) atoms. The summed E-state index contributed by atoms with van der Waals surface area (Å²) in [5.74, 6) is 0.466. The van der Waals surface area contributed by atoms with Gasteiger partial charge >= 0.3 is 0 Å². The van der Waals surface area contributed by atoms with E-state index in [0.717, 1.165) is 12.1 Å². The highest BCUT2D eigenvalue weighted by atomic mass is 32.2. The van der Waals surface area contributed by atoms with Crippen LogP contribution >= 0.6 is 0 Å². The van der Waals surface area contributed by atoms with Crippen LogP contribution in [0.3, 0.4) is 0 Å². The van der Waals surface area contributed by atoms with Crippen LogP contribution in [0.25, 0.3) is 0 Å². The number of hydrogen-bond acceptors (Lipinski definition) is 3. The van der Waals surface area contributed by atoms with Crippen molar-refractivity contribution in [1.29, 1.82) is 0 Å². The van der Waals surface area contributed by atoms with Crippen LogP contribution in [0, 0.1) is 0 Å². The summed E-state index contributed by atoms with van der Waals surface area (Å²) >= 11 is 0. The van der Waals surface area contributed by atoms with Crippen molar-refractivity contribution in [2.24, 2.45) is 0 Å². The van der Waals surface area contributed by atoms with E-state index in [0.29, 0.717) is 0 Å². The van der Waals surface area contributed by atoms with Gasteiger partial charge in [-0.05, 0) is 34.6 Å². The minimum Gasteiger partial charge on any atom is -0.287 e. The van der Waals surface area contributed by atoms with Gasteiger partial charge in [-0.3, -0.25) is 4.90 Å². The van der Waals surface area contributed by atoms with E-state index in [1.807, 2.05) is 34.6 Å². The minimum absolute atomic E-state index is 0.233. The first kappa shape index (κ1) is 13.7. The molecule has 0 radical (unpaired) electrons. The zero-order valence-electron chi connectivity index (χ0n) is 11.0. The third-order valence-electron chi connectivity index (χ3n) is 3.04. The topological polar surface area (TPSA) is 37.4 Å². The largest absolute Gasteiger partial charge is 0.287 e. The van der Waals surface area contributed by atoms with E-state index in [4.69, 9.17) is 0 Å². The number of hydrogen-bond donors (Lipinski definition) is 0. The Labute approximate surface area is 99.4 Å². The van der Waals surface area contributed by atoms with Gasteiger partial charge in [-0.1, -0.05) is 12.2 Å². The summed E-state index contributed by atoms with van der Waals surface area (Å²) in [6.45, 7) is 14.6. The zero-order valence-corrected chi connectivity index (χ0v) is 11.8. The van der Waals surface area contributed by atoms with Gasteiger partial charge in [0.25, 0.3) is 0 Å². The van der Waals surface area contributed by atoms with Gasteiger partial charge < -0.3 is 0 Å². The molecule has 0 N–H and O–H groups in total. The maximum absolute atomic E-state index is 11.9. The fraction of sp³-hybridized carbons (Fsp3) is 0.833. The normalized spacial score (nSPS) is 27.6. The van der Waals surface area contributed by atoms with Crippen molar-refractivity contribution in [3.63, 3.8) is 0 Å². The van der Waals surface area contributed by atoms with Crippen LogP contribution in [0.4, 0.5) is 0 Å². The molecule has 0 aromatic carbocycles. The van der Waals surface area contributed by atoms with Crippen LogP contribution in [0.2, 0.25) is 0 Å². The summed E-state index contributed by atoms with van der Waals surface area (Å²) in [4.78, 5) is 2.25. The van der Waals surface area contributed by atoms with Crippen LogP contribution in [0.1, 0.15) is 34.6 Å². The average molecular weight is 245 g/mol. The molecule has 0 bridgehead atoms. The third kappa shape index (κ3) is 2.86. The average Bonchev–Trinajstić information content (AvgIpc) is 1.92. The van der Waals surface area contributed by atoms with E-state index in [1.54, 1.807) is 0 Å². The second-order valence-corrected chi connectivity index (χ2v) is 8.26. The van der Waals surface area contributed by atoms with Gasteiger partial charge in [-0.2, -0.15) is 0 Å². The van der Waals surface area contributed by atoms with Crippen molar-refractivity contribution in [2.45, 2.75) is 45.7 Å². The van der Waals surface area contributed by atoms with Gasteiger partial charge in [0.05, 0.1) is 11.5 Å². The molecule has 1 heterocycles. The van der Waals surface area contributed by atoms with Crippen molar-refractivity contribution in [2.75, 3.05) is 18.1 Å². The summed E-state index contributed by atoms with van der Waals surface area (Å²) in [5, 5.41) is 0. The molecular formula is C12H23NO2S. The molecule has 0 saturated carbocycles. The Morgan fingerprint density at radius 3 is 1.88 bits per heavy atom. The molecule has 1 fully saturated rings. The summed E-state index contributed by atoms with van der Waals surface area (Å²) in [7, 11) is -2.94. The molecule has 3 nitrogen and oxygen atoms in total. The summed E-state index contributed by atoms with van der Waals surface area (Å²) in [6, 6.07) is 0. The Morgan fingerprint density at radius 2 is 1.56 bits per heavy atom. The maximum Gasteiger partial charge on any atom is 0.153 e. The summed E-state index contributed by atoms with van der Waals surface area (Å²) in [5.41, 5.74) is 0.430. The molecule has 0 amide bonds. The van der Waals surface area contributed by atoms with Crippen molar-refractivity contribution < 1.29 is 8.42 Å². The second kappa shape index (κ2) is 3.84. The second-order valence-electron chi connectivity index (χ2n) is 6.20. The van der Waals surface area contributed by atoms with Crippen LogP contribution in [0.5, 0.6) is 0 Å². The Morgan fingerprint density at radius 1 is 1.19 bits per heavy atom. The van der Waals surface area contributed by atoms with Gasteiger partial charge in [0.15, 0.2) is 9.84 Å². The lowest BCUT2D eigenvalue weighted by molar-refractivity contribution is 0.0440. The van der Waals surface area contributed by atoms with Crippen molar-refractivity contribution in [3.05, 3.63) is 12.2 Å². The van der Waals surface area contributed by atoms with Crippen LogP contribution < -0.4 is 0 Å². The van der Waals surface area contributed by atoms with E-state index < -0.39 is 9.84 Å². The Kier molecular flexibility index (Phi) is 3.29. The molecule has 4 heteroatoms. The first-order chi connectivity index (χ1) is 6.96. The Hall–Kier alpha value is -0.350. The molecule has 1 aliphatic rings. The predicted molar refractivity (Wildman–Crippen MR) is 68.3 cm³/mol. The van der Waals surface area contributed by atoms with Gasteiger partial charge in [-0.25, -0.2) is 8.42 Å². The van der Waals surface area contributed by atoms with E-state index in [-0.39, 0.29) is 22.6 Å². The lowest BCUT2D eigenvalue weighted by atomic mass is 9.94. The van der Waals surface area contributed by atoms with Crippen molar-refractivity contribution in [1.82, 2.24) is 4.90 Å². The van der Waals surface area contributed by atoms with Crippen molar-refractivity contribution in [3.8, 4) is 0 Å². The molecule has 0 aliphatic carbocycles. The molecule has 0 spiro atoms. The smallest absolute Gasteiger partial charge is 0.153 e. The molecular weight excluding hydrogens is 222 g/mol. The van der Waals surface area contributed by atoms with Gasteiger partial charge in [-0.15, -0.1) is 0 Å². The van der Waals surface area contributed by atoms with Crippen LogP contribution in [-0.4, -0.2) is 42.4 Å². The van der Waals surface area contributed by atoms with E-state index in [1.165, 1.54) is 0 Å². The van der Waals surface area contributed by atoms with E-state index in [9.17, 15) is 8.42 Å². The molecule has 0 aromatic rings. The number of sulfone groups is 1. The van der Waals surface area contributed by atoms with E-state index in [2.05, 4.69) is 11.5 Å². The molecule has 1 rings (SSSR count). The summed E-state index contributed by atoms with van der Waals surface area (Å²) in [6.07, 6.45) is 0. The van der Waals surface area contributed by atoms with Crippen LogP contribution in [0.15, 0.2) is 12.2 Å². The Bertz CT molecular complexity index is 369. The standard InChI is InChI=1S/C12H23NO2S/c1-10(2)7-13-11(3,4)8-16(14,15)9-12(13,5)6/h1,7-9H2,2-6H3. The molecule has 0 aromatic heterocycles. The van der Waals surface area contributed by atoms with Crippen molar-refractivity contribution >= 4 is 9.84 Å². The highest BCUT2D eigenvalue weighted by Crippen LogP contribution is 2.33. The molecule has 1 saturated heterocycles. The number of nitrogens with zero attached hydrogens (tertiary/aromatic N) is 1. The SMILES string of the molecule is C=C(C)CN1C(C)(C)CS(=O)(=O)CC1(C)C. The molecule has 0 unspecified atom stereocenters. The maximum atomic E-state index is 11.9. The van der Waals surface area contributed by atoms with Gasteiger partial charge in [0, 0.05) is 17.6 Å². The predicted octanol–water partition coefficient (Wildman–Crippen LogP) is 1.85. The van der Waals surface area contributed by atoms with Gasteiger partial charge in [0.2, 0.25) is 0 Å². The summed E-state index contributed by atoms with van der Waals surface area (Å²) < 4.78 is 23.7. The highest BCUT2D eigenvalue weighted by molar-refractivity contribution is 7.91. The fourth-order valence-electron chi connectivity index (χ4n) is 2.80. The lowest BCUT2D eigenvalue weighted by Crippen LogP contribution is -2.65. The lowest BCUT2D eigenvalue weighted by Gasteiger charge is -2.52. The van der Waals surface area contributed by atoms with E-state index >= 15 is 0 Å². The first-order valence-corrected chi connectivity index (χ1v) is 7.41. The monoisotopic (exact) mass is 245 g/mol. The Balaban J connectivity index is 3.11. The zero-order chi connectivity index (χ0) is 12.8. The fourth-order valence-corrected chi connectivity index (χ4v) is 5.37.